The molecule has 1 rings (SSSR count). The van der Waals surface area contributed by atoms with Gasteiger partial charge in [-0.15, -0.1) is 0 Å². The standard InChI is InChI=1S/C10H21N3/c11-10(12)6-5-9-13-7-3-1-2-4-8-13/h1-9H2,(H3,11,12). The van der Waals surface area contributed by atoms with Crippen LogP contribution in [0, 0.1) is 5.41 Å². The lowest BCUT2D eigenvalue weighted by Gasteiger charge is -2.19. The van der Waals surface area contributed by atoms with Crippen molar-refractivity contribution in [3.8, 4) is 0 Å². The van der Waals surface area contributed by atoms with Gasteiger partial charge < -0.3 is 10.6 Å². The Morgan fingerprint density at radius 2 is 1.77 bits per heavy atom. The van der Waals surface area contributed by atoms with Crippen LogP contribution in [-0.2, 0) is 0 Å². The Morgan fingerprint density at radius 3 is 2.31 bits per heavy atom. The van der Waals surface area contributed by atoms with E-state index >= 15 is 0 Å². The van der Waals surface area contributed by atoms with Gasteiger partial charge in [0.1, 0.15) is 0 Å². The van der Waals surface area contributed by atoms with Crippen molar-refractivity contribution in [3.05, 3.63) is 0 Å². The number of hydrogen-bond acceptors (Lipinski definition) is 2. The summed E-state index contributed by atoms with van der Waals surface area (Å²) in [6.07, 6.45) is 7.29. The van der Waals surface area contributed by atoms with Gasteiger partial charge in [0.05, 0.1) is 5.84 Å². The highest BCUT2D eigenvalue weighted by atomic mass is 15.1. The summed E-state index contributed by atoms with van der Waals surface area (Å²) in [6.45, 7) is 3.62. The third-order valence-electron chi connectivity index (χ3n) is 2.62. The molecule has 1 heterocycles. The van der Waals surface area contributed by atoms with E-state index in [-0.39, 0.29) is 0 Å². The number of nitrogens with zero attached hydrogens (tertiary/aromatic N) is 1. The lowest BCUT2D eigenvalue weighted by atomic mass is 10.2. The number of likely N-dealkylation sites (tertiary alicyclic amines) is 1. The second kappa shape index (κ2) is 5.97. The molecule has 3 nitrogen and oxygen atoms in total. The smallest absolute Gasteiger partial charge is 0.0905 e. The zero-order chi connectivity index (χ0) is 9.52. The van der Waals surface area contributed by atoms with Crippen LogP contribution >= 0.6 is 0 Å². The van der Waals surface area contributed by atoms with E-state index in [1.54, 1.807) is 0 Å². The highest BCUT2D eigenvalue weighted by Crippen LogP contribution is 2.09. The van der Waals surface area contributed by atoms with Gasteiger partial charge in [-0.2, -0.15) is 0 Å². The van der Waals surface area contributed by atoms with Crippen LogP contribution < -0.4 is 5.73 Å². The topological polar surface area (TPSA) is 53.1 Å². The van der Waals surface area contributed by atoms with Gasteiger partial charge in [0.15, 0.2) is 0 Å². The third-order valence-corrected chi connectivity index (χ3v) is 2.62. The minimum atomic E-state index is 0.329. The number of nitrogens with one attached hydrogen (secondary N) is 1. The predicted molar refractivity (Wildman–Crippen MR) is 56.1 cm³/mol. The molecule has 13 heavy (non-hydrogen) atoms. The van der Waals surface area contributed by atoms with E-state index in [1.807, 2.05) is 0 Å². The minimum absolute atomic E-state index is 0.329. The first-order valence-electron chi connectivity index (χ1n) is 5.34. The molecule has 0 aromatic carbocycles. The second-order valence-corrected chi connectivity index (χ2v) is 3.88. The lowest BCUT2D eigenvalue weighted by Crippen LogP contribution is -2.26. The van der Waals surface area contributed by atoms with Gasteiger partial charge in [0.25, 0.3) is 0 Å². The van der Waals surface area contributed by atoms with Crippen LogP contribution in [-0.4, -0.2) is 30.4 Å². The van der Waals surface area contributed by atoms with Crippen LogP contribution in [0.1, 0.15) is 38.5 Å². The molecule has 0 aromatic heterocycles. The number of rotatable bonds is 4. The first kappa shape index (κ1) is 10.5. The van der Waals surface area contributed by atoms with Crippen molar-refractivity contribution in [2.45, 2.75) is 38.5 Å². The fourth-order valence-corrected chi connectivity index (χ4v) is 1.85. The lowest BCUT2D eigenvalue weighted by molar-refractivity contribution is 0.283. The van der Waals surface area contributed by atoms with Gasteiger partial charge in [0.2, 0.25) is 0 Å². The maximum atomic E-state index is 7.11. The monoisotopic (exact) mass is 183 g/mol. The number of hydrogen-bond donors (Lipinski definition) is 2. The largest absolute Gasteiger partial charge is 0.388 e. The Morgan fingerprint density at radius 1 is 1.15 bits per heavy atom. The summed E-state index contributed by atoms with van der Waals surface area (Å²) in [5.74, 6) is 0.329. The van der Waals surface area contributed by atoms with Gasteiger partial charge in [-0.25, -0.2) is 0 Å². The molecule has 0 saturated carbocycles. The van der Waals surface area contributed by atoms with Crippen molar-refractivity contribution in [2.24, 2.45) is 5.73 Å². The SMILES string of the molecule is N=C(N)CCCN1CCCCCC1. The average Bonchev–Trinajstić information content (AvgIpc) is 2.32. The fourth-order valence-electron chi connectivity index (χ4n) is 1.85. The Bertz CT molecular complexity index is 148. The fraction of sp³-hybridized carbons (Fsp3) is 0.900. The summed E-state index contributed by atoms with van der Waals surface area (Å²) in [4.78, 5) is 2.51. The molecular formula is C10H21N3. The average molecular weight is 183 g/mol. The first-order chi connectivity index (χ1) is 6.29. The summed E-state index contributed by atoms with van der Waals surface area (Å²) in [6, 6.07) is 0. The maximum Gasteiger partial charge on any atom is 0.0905 e. The van der Waals surface area contributed by atoms with E-state index < -0.39 is 0 Å². The Balaban J connectivity index is 2.08. The molecule has 0 aromatic rings. The van der Waals surface area contributed by atoms with Gasteiger partial charge >= 0.3 is 0 Å². The summed E-state index contributed by atoms with van der Waals surface area (Å²) >= 11 is 0. The van der Waals surface area contributed by atoms with E-state index in [4.69, 9.17) is 11.1 Å². The maximum absolute atomic E-state index is 7.11. The van der Waals surface area contributed by atoms with Crippen molar-refractivity contribution in [1.82, 2.24) is 4.90 Å². The molecule has 0 radical (unpaired) electrons. The predicted octanol–water partition coefficient (Wildman–Crippen LogP) is 1.58. The van der Waals surface area contributed by atoms with Crippen molar-refractivity contribution >= 4 is 5.84 Å². The molecule has 3 N–H and O–H groups in total. The molecule has 0 bridgehead atoms. The van der Waals surface area contributed by atoms with Crippen LogP contribution in [0.15, 0.2) is 0 Å². The van der Waals surface area contributed by atoms with Gasteiger partial charge in [0, 0.05) is 6.42 Å². The van der Waals surface area contributed by atoms with E-state index in [0.29, 0.717) is 5.84 Å². The highest BCUT2D eigenvalue weighted by molar-refractivity contribution is 5.76. The molecule has 0 amide bonds. The Kier molecular flexibility index (Phi) is 4.83. The van der Waals surface area contributed by atoms with E-state index in [9.17, 15) is 0 Å². The first-order valence-corrected chi connectivity index (χ1v) is 5.34. The summed E-state index contributed by atoms with van der Waals surface area (Å²) in [7, 11) is 0. The summed E-state index contributed by atoms with van der Waals surface area (Å²) < 4.78 is 0. The van der Waals surface area contributed by atoms with Gasteiger partial charge in [-0.3, -0.25) is 5.41 Å². The number of amidine groups is 1. The van der Waals surface area contributed by atoms with Crippen LogP contribution in [0.3, 0.4) is 0 Å². The molecule has 0 atom stereocenters. The molecule has 0 aliphatic carbocycles. The van der Waals surface area contributed by atoms with Crippen LogP contribution in [0.25, 0.3) is 0 Å². The molecule has 3 heteroatoms. The molecule has 1 saturated heterocycles. The normalized spacial score (nSPS) is 19.7. The quantitative estimate of drug-likeness (QED) is 0.513. The van der Waals surface area contributed by atoms with E-state index in [1.165, 1.54) is 38.8 Å². The van der Waals surface area contributed by atoms with Crippen LogP contribution in [0.4, 0.5) is 0 Å². The molecule has 76 valence electrons. The van der Waals surface area contributed by atoms with E-state index in [2.05, 4.69) is 4.90 Å². The molecule has 0 unspecified atom stereocenters. The zero-order valence-electron chi connectivity index (χ0n) is 8.39. The summed E-state index contributed by atoms with van der Waals surface area (Å²) in [5.41, 5.74) is 5.30. The molecule has 1 fully saturated rings. The minimum Gasteiger partial charge on any atom is -0.388 e. The van der Waals surface area contributed by atoms with E-state index in [0.717, 1.165) is 19.4 Å². The Labute approximate surface area is 80.8 Å². The second-order valence-electron chi connectivity index (χ2n) is 3.88. The third kappa shape index (κ3) is 4.88. The van der Waals surface area contributed by atoms with Crippen molar-refractivity contribution < 1.29 is 0 Å². The molecular weight excluding hydrogens is 162 g/mol. The van der Waals surface area contributed by atoms with Crippen molar-refractivity contribution in [1.29, 1.82) is 5.41 Å². The zero-order valence-corrected chi connectivity index (χ0v) is 8.39. The number of nitrogens with two attached hydrogens (primary N) is 1. The highest BCUT2D eigenvalue weighted by Gasteiger charge is 2.07. The van der Waals surface area contributed by atoms with Gasteiger partial charge in [-0.05, 0) is 38.9 Å². The van der Waals surface area contributed by atoms with Crippen LogP contribution in [0.5, 0.6) is 0 Å². The van der Waals surface area contributed by atoms with Gasteiger partial charge in [-0.1, -0.05) is 12.8 Å². The van der Waals surface area contributed by atoms with Crippen molar-refractivity contribution in [3.63, 3.8) is 0 Å². The van der Waals surface area contributed by atoms with Crippen LogP contribution in [0.2, 0.25) is 0 Å². The molecule has 0 spiro atoms. The molecule has 1 aliphatic heterocycles. The summed E-state index contributed by atoms with van der Waals surface area (Å²) in [5, 5.41) is 7.11. The van der Waals surface area contributed by atoms with Crippen molar-refractivity contribution in [2.75, 3.05) is 19.6 Å². The molecule has 1 aliphatic rings. The Hall–Kier alpha value is -0.570.